The molecule has 0 fully saturated rings. The van der Waals surface area contributed by atoms with E-state index >= 15 is 0 Å². The van der Waals surface area contributed by atoms with Crippen LogP contribution in [0, 0.1) is 13.2 Å². The number of benzene rings is 8. The van der Waals surface area contributed by atoms with Crippen LogP contribution in [0.1, 0.15) is 173 Å². The largest absolute Gasteiger partial charge is 0.458 e. The highest BCUT2D eigenvalue weighted by atomic mass is 16.5. The van der Waals surface area contributed by atoms with Gasteiger partial charge in [-0.25, -0.2) is 4.98 Å². The minimum absolute atomic E-state index is 0.0564. The molecule has 0 unspecified atom stereocenters. The van der Waals surface area contributed by atoms with Gasteiger partial charge in [-0.3, -0.25) is 13.7 Å². The molecule has 3 heterocycles. The summed E-state index contributed by atoms with van der Waals surface area (Å²) in [5.74, 6) is 0.685. The SMILES string of the molecule is [2H]c1c([2H])c([2H])c(-c2cnc(-n3c4ccccc4c4ccc(Oc5cccc(-n6[c-][n+](-c7c(-c8cc(C(C)(C)C)cc(C(C)(C)C)c8)cc(C(C)(C)C)cc7-c7c([2H])c([2H])c8c(c7[2H])C(C([2H])([2H])[2H])(C([2H])([2H])[2H])C([2H])([2H])C([2H])([2H])C8(C([2H])([2H])[2H])C([2H])([2H])[2H])c7ccccc76)c5)cc43)cc2C([2H])([2H])[2H])c([2H])c1[2H]. The van der Waals surface area contributed by atoms with E-state index in [1.807, 2.05) is 105 Å². The summed E-state index contributed by atoms with van der Waals surface area (Å²) in [7, 11) is 0. The van der Waals surface area contributed by atoms with Gasteiger partial charge in [0.1, 0.15) is 17.3 Å². The number of ether oxygens (including phenoxy) is 1. The number of imidazole rings is 1. The molecule has 0 radical (unpaired) electrons. The van der Waals surface area contributed by atoms with Crippen LogP contribution in [0.3, 0.4) is 0 Å². The first kappa shape index (κ1) is 30.0. The fourth-order valence-electron chi connectivity index (χ4n) is 10.4. The van der Waals surface area contributed by atoms with Gasteiger partial charge in [-0.05, 0) is 150 Å². The normalized spacial score (nSPS) is 21.4. The predicted molar refractivity (Wildman–Crippen MR) is 335 cm³/mol. The quantitative estimate of drug-likeness (QED) is 0.112. The third-order valence-electron chi connectivity index (χ3n) is 14.9. The van der Waals surface area contributed by atoms with E-state index < -0.39 is 139 Å². The molecule has 11 aromatic rings. The lowest BCUT2D eigenvalue weighted by atomic mass is 9.63. The molecule has 5 nitrogen and oxygen atoms in total. The van der Waals surface area contributed by atoms with Crippen LogP contribution in [-0.2, 0) is 27.1 Å². The van der Waals surface area contributed by atoms with Crippen LogP contribution in [0.5, 0.6) is 11.5 Å². The molecular formula is C75H76N4O. The lowest BCUT2D eigenvalue weighted by molar-refractivity contribution is -0.571. The van der Waals surface area contributed by atoms with Gasteiger partial charge < -0.3 is 4.74 Å². The van der Waals surface area contributed by atoms with Crippen molar-refractivity contribution < 1.29 is 46.3 Å². The van der Waals surface area contributed by atoms with Crippen molar-refractivity contribution in [1.82, 2.24) is 14.1 Å². The van der Waals surface area contributed by atoms with Crippen LogP contribution in [0.15, 0.2) is 182 Å². The summed E-state index contributed by atoms with van der Waals surface area (Å²) in [6.07, 6.45) is -4.41. The Morgan fingerprint density at radius 2 is 1.21 bits per heavy atom. The fourth-order valence-corrected chi connectivity index (χ4v) is 10.4. The number of aromatic nitrogens is 4. The highest BCUT2D eigenvalue weighted by molar-refractivity contribution is 6.09. The van der Waals surface area contributed by atoms with Gasteiger partial charge in [-0.1, -0.05) is 217 Å². The van der Waals surface area contributed by atoms with Crippen LogP contribution in [0.2, 0.25) is 0 Å². The molecule has 0 atom stereocenters. The Bertz CT molecular complexity index is 5410. The maximum Gasteiger partial charge on any atom is 0.269 e. The molecule has 0 saturated carbocycles. The van der Waals surface area contributed by atoms with Crippen molar-refractivity contribution in [2.24, 2.45) is 0 Å². The average molecular weight is 1080 g/mol. The molecule has 402 valence electrons. The van der Waals surface area contributed by atoms with Gasteiger partial charge in [0.15, 0.2) is 0 Å². The molecule has 80 heavy (non-hydrogen) atoms. The van der Waals surface area contributed by atoms with Crippen molar-refractivity contribution in [2.75, 3.05) is 0 Å². The number of pyridine rings is 1. The fraction of sp³-hybridized carbons (Fsp3) is 0.280. The van der Waals surface area contributed by atoms with E-state index in [9.17, 15) is 9.60 Å². The zero-order valence-corrected chi connectivity index (χ0v) is 45.9. The Morgan fingerprint density at radius 1 is 0.575 bits per heavy atom. The summed E-state index contributed by atoms with van der Waals surface area (Å²) in [5, 5.41) is 1.46. The van der Waals surface area contributed by atoms with Gasteiger partial charge in [-0.15, -0.1) is 0 Å². The molecule has 0 bridgehead atoms. The Hall–Kier alpha value is -8.02. The van der Waals surface area contributed by atoms with E-state index in [0.717, 1.165) is 16.5 Å². The van der Waals surface area contributed by atoms with E-state index in [1.165, 1.54) is 12.3 Å². The Morgan fingerprint density at radius 3 is 1.91 bits per heavy atom. The highest BCUT2D eigenvalue weighted by Gasteiger charge is 2.38. The molecule has 0 aliphatic heterocycles. The van der Waals surface area contributed by atoms with Crippen molar-refractivity contribution in [3.8, 4) is 62.1 Å². The standard InChI is InChI=1S/C75H76N4O/c1-48-37-69(76-46-62(48)49-23-16-15-17-24-49)79-65-28-19-18-27-58(65)59-33-32-57(45-68(59)79)80-56-26-22-25-55(44-56)77-47-78(67-30-21-20-29-66(67)77)70-60(50-31-34-63-64(40-50)75(13,14)36-35-74(63,11)12)42-54(73(8,9)10)43-61(70)51-38-52(71(2,3)4)41-53(39-51)72(5,6)7/h15-34,37-46H,35-36H2,1-14H3/i1D3,11D3,12D3,13D3,14D3,15D,16D,17D,23D,24D,31D,34D,35D2,36D2,40D. The van der Waals surface area contributed by atoms with Crippen molar-refractivity contribution in [2.45, 2.75) is 136 Å². The molecule has 0 saturated heterocycles. The minimum atomic E-state index is -4.57. The van der Waals surface area contributed by atoms with Crippen molar-refractivity contribution in [1.29, 1.82) is 0 Å². The molecular weight excluding hydrogens is 973 g/mol. The first-order valence-electron chi connectivity index (χ1n) is 39.9. The van der Waals surface area contributed by atoms with Crippen molar-refractivity contribution in [3.63, 3.8) is 0 Å². The van der Waals surface area contributed by atoms with E-state index in [0.29, 0.717) is 55.6 Å². The van der Waals surface area contributed by atoms with Gasteiger partial charge >= 0.3 is 0 Å². The van der Waals surface area contributed by atoms with Crippen LogP contribution in [0.25, 0.3) is 83.4 Å². The maximum atomic E-state index is 10.6. The number of hydrogen-bond donors (Lipinski definition) is 0. The number of aryl methyl sites for hydroxylation is 1. The monoisotopic (exact) mass is 1080 g/mol. The molecule has 3 aromatic heterocycles. The van der Waals surface area contributed by atoms with Gasteiger partial charge in [0.25, 0.3) is 6.33 Å². The maximum absolute atomic E-state index is 10.6. The third kappa shape index (κ3) is 9.42. The number of rotatable bonds is 8. The summed E-state index contributed by atoms with van der Waals surface area (Å²) in [5.41, 5.74) is -10.1. The molecule has 0 amide bonds. The summed E-state index contributed by atoms with van der Waals surface area (Å²) in [6.45, 7) is -2.26. The summed E-state index contributed by atoms with van der Waals surface area (Å²) in [4.78, 5) is 4.71. The molecule has 0 N–H and O–H groups in total. The first-order chi connectivity index (χ1) is 49.0. The van der Waals surface area contributed by atoms with Crippen LogP contribution < -0.4 is 9.30 Å². The molecule has 0 spiro atoms. The zero-order valence-electron chi connectivity index (χ0n) is 72.9. The van der Waals surface area contributed by atoms with Gasteiger partial charge in [-0.2, -0.15) is 0 Å². The Kier molecular flexibility index (Phi) is 7.15. The Balaban J connectivity index is 1.14. The topological polar surface area (TPSA) is 35.9 Å². The van der Waals surface area contributed by atoms with Gasteiger partial charge in [0, 0.05) is 54.6 Å². The molecule has 8 aromatic carbocycles. The highest BCUT2D eigenvalue weighted by Crippen LogP contribution is 2.49. The summed E-state index contributed by atoms with van der Waals surface area (Å²) < 4.78 is 258. The molecule has 5 heteroatoms. The van der Waals surface area contributed by atoms with E-state index in [-0.39, 0.29) is 39.5 Å². The molecule has 1 aliphatic carbocycles. The van der Waals surface area contributed by atoms with Crippen molar-refractivity contribution >= 4 is 32.8 Å². The lowest BCUT2D eigenvalue weighted by Gasteiger charge is -2.42. The molecule has 12 rings (SSSR count). The zero-order chi connectivity index (χ0) is 79.3. The second kappa shape index (κ2) is 19.1. The summed E-state index contributed by atoms with van der Waals surface area (Å²) in [6, 6.07) is 30.2. The van der Waals surface area contributed by atoms with Crippen LogP contribution in [0.4, 0.5) is 0 Å². The third-order valence-corrected chi connectivity index (χ3v) is 14.9. The number of nitrogens with zero attached hydrogens (tertiary/aromatic N) is 4. The molecule has 1 aliphatic rings. The lowest BCUT2D eigenvalue weighted by Crippen LogP contribution is -2.34. The predicted octanol–water partition coefficient (Wildman–Crippen LogP) is 19.5. The summed E-state index contributed by atoms with van der Waals surface area (Å²) >= 11 is 0. The number of para-hydroxylation sites is 3. The van der Waals surface area contributed by atoms with Gasteiger partial charge in [0.05, 0.1) is 44.4 Å². The second-order valence-electron chi connectivity index (χ2n) is 23.7. The van der Waals surface area contributed by atoms with Gasteiger partial charge in [0.2, 0.25) is 0 Å². The van der Waals surface area contributed by atoms with Crippen LogP contribution >= 0.6 is 0 Å². The van der Waals surface area contributed by atoms with Crippen molar-refractivity contribution in [3.05, 3.63) is 222 Å². The van der Waals surface area contributed by atoms with E-state index in [1.54, 1.807) is 86.5 Å². The smallest absolute Gasteiger partial charge is 0.269 e. The average Bonchev–Trinajstić information content (AvgIpc) is 0.724. The number of fused-ring (bicyclic) bond motifs is 5. The van der Waals surface area contributed by atoms with Crippen LogP contribution in [-0.4, -0.2) is 14.1 Å². The minimum Gasteiger partial charge on any atom is -0.458 e. The Labute approximate surface area is 512 Å². The second-order valence-corrected chi connectivity index (χ2v) is 23.7. The van der Waals surface area contributed by atoms with E-state index in [4.69, 9.17) is 37.1 Å². The number of hydrogen-bond acceptors (Lipinski definition) is 2. The first-order valence-corrected chi connectivity index (χ1v) is 26.4. The van der Waals surface area contributed by atoms with E-state index in [2.05, 4.69) is 12.4 Å².